The number of nitrogens with two attached hydrogens (primary N) is 1. The fraction of sp³-hybridized carbons (Fsp3) is 0.400. The Morgan fingerprint density at radius 1 is 1.61 bits per heavy atom. The summed E-state index contributed by atoms with van der Waals surface area (Å²) in [6.07, 6.45) is 2.93. The van der Waals surface area contributed by atoms with Crippen LogP contribution in [0.25, 0.3) is 0 Å². The molecule has 0 bridgehead atoms. The third-order valence-corrected chi connectivity index (χ3v) is 4.29. The standard InChI is InChI=1S/C10H12FN3O2S2/c11-7-2-1-5-13-10(7)18(15,16)14-8(9(12)17)6-3-4-6/h1-2,5-6,8,14H,3-4H2,(H2,12,17). The molecule has 8 heteroatoms. The second-order valence-electron chi connectivity index (χ2n) is 4.13. The quantitative estimate of drug-likeness (QED) is 0.774. The lowest BCUT2D eigenvalue weighted by Gasteiger charge is -2.16. The van der Waals surface area contributed by atoms with E-state index < -0.39 is 26.9 Å². The molecule has 1 heterocycles. The zero-order chi connectivity index (χ0) is 13.3. The van der Waals surface area contributed by atoms with Crippen molar-refractivity contribution in [3.8, 4) is 0 Å². The Balaban J connectivity index is 2.26. The highest BCUT2D eigenvalue weighted by Crippen LogP contribution is 2.33. The van der Waals surface area contributed by atoms with E-state index in [1.807, 2.05) is 0 Å². The summed E-state index contributed by atoms with van der Waals surface area (Å²) in [4.78, 5) is 3.60. The summed E-state index contributed by atoms with van der Waals surface area (Å²) < 4.78 is 39.7. The predicted molar refractivity (Wildman–Crippen MR) is 67.8 cm³/mol. The van der Waals surface area contributed by atoms with Gasteiger partial charge < -0.3 is 5.73 Å². The van der Waals surface area contributed by atoms with Crippen LogP contribution in [0.2, 0.25) is 0 Å². The number of pyridine rings is 1. The van der Waals surface area contributed by atoms with Crippen molar-refractivity contribution in [1.29, 1.82) is 0 Å². The number of hydrogen-bond donors (Lipinski definition) is 2. The lowest BCUT2D eigenvalue weighted by molar-refractivity contribution is 0.535. The van der Waals surface area contributed by atoms with Crippen LogP contribution in [-0.4, -0.2) is 24.4 Å². The summed E-state index contributed by atoms with van der Waals surface area (Å²) >= 11 is 4.82. The molecule has 1 fully saturated rings. The molecule has 1 saturated carbocycles. The average Bonchev–Trinajstić information content (AvgIpc) is 3.10. The largest absolute Gasteiger partial charge is 0.392 e. The highest BCUT2D eigenvalue weighted by Gasteiger charge is 2.37. The fourth-order valence-electron chi connectivity index (χ4n) is 1.61. The second-order valence-corrected chi connectivity index (χ2v) is 6.23. The number of aromatic nitrogens is 1. The van der Waals surface area contributed by atoms with Crippen molar-refractivity contribution in [2.24, 2.45) is 11.7 Å². The number of hydrogen-bond acceptors (Lipinski definition) is 4. The van der Waals surface area contributed by atoms with Crippen molar-refractivity contribution in [2.75, 3.05) is 0 Å². The molecule has 1 aromatic rings. The van der Waals surface area contributed by atoms with E-state index in [1.54, 1.807) is 0 Å². The minimum absolute atomic E-state index is 0.0671. The van der Waals surface area contributed by atoms with Gasteiger partial charge in [-0.2, -0.15) is 4.72 Å². The van der Waals surface area contributed by atoms with Crippen LogP contribution in [0.15, 0.2) is 23.4 Å². The second kappa shape index (κ2) is 4.87. The molecule has 3 N–H and O–H groups in total. The minimum Gasteiger partial charge on any atom is -0.392 e. The third kappa shape index (κ3) is 2.82. The molecule has 18 heavy (non-hydrogen) atoms. The van der Waals surface area contributed by atoms with Gasteiger partial charge in [-0.05, 0) is 30.9 Å². The maximum absolute atomic E-state index is 13.4. The van der Waals surface area contributed by atoms with Gasteiger partial charge >= 0.3 is 0 Å². The number of thiocarbonyl (C=S) groups is 1. The molecule has 0 radical (unpaired) electrons. The zero-order valence-corrected chi connectivity index (χ0v) is 11.0. The van der Waals surface area contributed by atoms with E-state index in [1.165, 1.54) is 12.3 Å². The molecule has 0 aromatic carbocycles. The average molecular weight is 289 g/mol. The number of halogens is 1. The molecule has 1 atom stereocenters. The van der Waals surface area contributed by atoms with E-state index in [0.29, 0.717) is 0 Å². The van der Waals surface area contributed by atoms with Crippen molar-refractivity contribution in [1.82, 2.24) is 9.71 Å². The van der Waals surface area contributed by atoms with Crippen LogP contribution in [0.1, 0.15) is 12.8 Å². The van der Waals surface area contributed by atoms with E-state index in [-0.39, 0.29) is 10.9 Å². The third-order valence-electron chi connectivity index (χ3n) is 2.66. The predicted octanol–water partition coefficient (Wildman–Crippen LogP) is 0.564. The van der Waals surface area contributed by atoms with Gasteiger partial charge in [0, 0.05) is 6.20 Å². The summed E-state index contributed by atoms with van der Waals surface area (Å²) in [6, 6.07) is 1.72. The Bertz CT molecular complexity index is 572. The summed E-state index contributed by atoms with van der Waals surface area (Å²) in [7, 11) is -4.04. The molecule has 0 aliphatic heterocycles. The van der Waals surface area contributed by atoms with E-state index in [0.717, 1.165) is 18.9 Å². The SMILES string of the molecule is NC(=S)C(NS(=O)(=O)c1ncccc1F)C1CC1. The molecular weight excluding hydrogens is 277 g/mol. The number of rotatable bonds is 5. The Labute approximate surface area is 110 Å². The van der Waals surface area contributed by atoms with Gasteiger partial charge in [-0.3, -0.25) is 0 Å². The van der Waals surface area contributed by atoms with E-state index in [9.17, 15) is 12.8 Å². The van der Waals surface area contributed by atoms with Crippen molar-refractivity contribution >= 4 is 27.2 Å². The Kier molecular flexibility index (Phi) is 3.60. The van der Waals surface area contributed by atoms with Gasteiger partial charge in [-0.15, -0.1) is 0 Å². The molecule has 0 saturated heterocycles. The van der Waals surface area contributed by atoms with Gasteiger partial charge in [0.15, 0.2) is 5.82 Å². The Morgan fingerprint density at radius 3 is 2.78 bits per heavy atom. The highest BCUT2D eigenvalue weighted by molar-refractivity contribution is 7.89. The van der Waals surface area contributed by atoms with Crippen LogP contribution < -0.4 is 10.5 Å². The first-order chi connectivity index (χ1) is 8.42. The fourth-order valence-corrected chi connectivity index (χ4v) is 3.22. The lowest BCUT2D eigenvalue weighted by Crippen LogP contribution is -2.45. The molecule has 5 nitrogen and oxygen atoms in total. The summed E-state index contributed by atoms with van der Waals surface area (Å²) in [5.74, 6) is -0.800. The molecule has 98 valence electrons. The molecule has 1 unspecified atom stereocenters. The van der Waals surface area contributed by atoms with Crippen molar-refractivity contribution in [2.45, 2.75) is 23.9 Å². The smallest absolute Gasteiger partial charge is 0.261 e. The first-order valence-electron chi connectivity index (χ1n) is 5.34. The number of nitrogens with one attached hydrogen (secondary N) is 1. The molecule has 0 spiro atoms. The normalized spacial score (nSPS) is 17.4. The topological polar surface area (TPSA) is 85.1 Å². The van der Waals surface area contributed by atoms with Crippen molar-refractivity contribution in [3.63, 3.8) is 0 Å². The first kappa shape index (κ1) is 13.3. The molecule has 1 aliphatic rings. The highest BCUT2D eigenvalue weighted by atomic mass is 32.2. The van der Waals surface area contributed by atoms with E-state index in [4.69, 9.17) is 18.0 Å². The van der Waals surface area contributed by atoms with Crippen LogP contribution in [-0.2, 0) is 10.0 Å². The van der Waals surface area contributed by atoms with Crippen LogP contribution in [0.5, 0.6) is 0 Å². The maximum Gasteiger partial charge on any atom is 0.261 e. The van der Waals surface area contributed by atoms with Crippen molar-refractivity contribution < 1.29 is 12.8 Å². The Morgan fingerprint density at radius 2 is 2.28 bits per heavy atom. The molecule has 0 amide bonds. The van der Waals surface area contributed by atoms with Crippen LogP contribution in [0.4, 0.5) is 4.39 Å². The van der Waals surface area contributed by atoms with Gasteiger partial charge in [0.1, 0.15) is 0 Å². The first-order valence-corrected chi connectivity index (χ1v) is 7.23. The minimum atomic E-state index is -4.04. The lowest BCUT2D eigenvalue weighted by atomic mass is 10.2. The van der Waals surface area contributed by atoms with E-state index in [2.05, 4.69) is 9.71 Å². The monoisotopic (exact) mass is 289 g/mol. The Hall–Kier alpha value is -1.12. The molecular formula is C10H12FN3O2S2. The summed E-state index contributed by atoms with van der Waals surface area (Å²) in [5, 5.41) is -0.632. The zero-order valence-electron chi connectivity index (χ0n) is 9.34. The van der Waals surface area contributed by atoms with Gasteiger partial charge in [-0.1, -0.05) is 12.2 Å². The van der Waals surface area contributed by atoms with Gasteiger partial charge in [0.2, 0.25) is 5.03 Å². The van der Waals surface area contributed by atoms with Crippen LogP contribution in [0, 0.1) is 11.7 Å². The summed E-state index contributed by atoms with van der Waals surface area (Å²) in [6.45, 7) is 0. The van der Waals surface area contributed by atoms with Gasteiger partial charge in [0.25, 0.3) is 10.0 Å². The number of sulfonamides is 1. The molecule has 2 rings (SSSR count). The summed E-state index contributed by atoms with van der Waals surface area (Å²) in [5.41, 5.74) is 5.49. The maximum atomic E-state index is 13.4. The van der Waals surface area contributed by atoms with Crippen LogP contribution >= 0.6 is 12.2 Å². The van der Waals surface area contributed by atoms with E-state index >= 15 is 0 Å². The van der Waals surface area contributed by atoms with Gasteiger partial charge in [0.05, 0.1) is 11.0 Å². The molecule has 1 aliphatic carbocycles. The van der Waals surface area contributed by atoms with Gasteiger partial charge in [-0.25, -0.2) is 17.8 Å². The number of nitrogens with zero attached hydrogens (tertiary/aromatic N) is 1. The molecule has 1 aromatic heterocycles. The van der Waals surface area contributed by atoms with Crippen molar-refractivity contribution in [3.05, 3.63) is 24.1 Å². The van der Waals surface area contributed by atoms with Crippen LogP contribution in [0.3, 0.4) is 0 Å².